The Labute approximate surface area is 74.8 Å². The first-order valence-electron chi connectivity index (χ1n) is 3.47. The molecule has 0 radical (unpaired) electrons. The molecule has 0 aliphatic rings. The number of benzene rings is 1. The summed E-state index contributed by atoms with van der Waals surface area (Å²) in [4.78, 5) is 0. The summed E-state index contributed by atoms with van der Waals surface area (Å²) in [6, 6.07) is 3.54. The number of hydrogen-bond acceptors (Lipinski definition) is 2. The smallest absolute Gasteiger partial charge is 0.129 e. The van der Waals surface area contributed by atoms with E-state index in [1.807, 2.05) is 0 Å². The molecular formula is C8H9ClFNO. The summed E-state index contributed by atoms with van der Waals surface area (Å²) in [5, 5.41) is 8.93. The minimum Gasteiger partial charge on any atom is -0.394 e. The zero-order valence-electron chi connectivity index (χ0n) is 6.30. The van der Waals surface area contributed by atoms with Crippen molar-refractivity contribution in [3.63, 3.8) is 0 Å². The highest BCUT2D eigenvalue weighted by molar-refractivity contribution is 6.31. The van der Waals surface area contributed by atoms with Gasteiger partial charge >= 0.3 is 0 Å². The Bertz CT molecular complexity index is 260. The van der Waals surface area contributed by atoms with E-state index in [2.05, 4.69) is 0 Å². The maximum Gasteiger partial charge on any atom is 0.129 e. The highest BCUT2D eigenvalue weighted by atomic mass is 35.5. The van der Waals surface area contributed by atoms with Crippen LogP contribution in [0.15, 0.2) is 18.2 Å². The second kappa shape index (κ2) is 3.85. The van der Waals surface area contributed by atoms with E-state index in [-0.39, 0.29) is 17.2 Å². The minimum atomic E-state index is -0.751. The average Bonchev–Trinajstić information content (AvgIpc) is 2.03. The fourth-order valence-electron chi connectivity index (χ4n) is 0.956. The highest BCUT2D eigenvalue weighted by Gasteiger charge is 2.13. The third-order valence-electron chi connectivity index (χ3n) is 1.57. The highest BCUT2D eigenvalue weighted by Crippen LogP contribution is 2.23. The number of hydrogen-bond donors (Lipinski definition) is 2. The predicted molar refractivity (Wildman–Crippen MR) is 45.4 cm³/mol. The number of nitrogens with two attached hydrogens (primary N) is 1. The lowest BCUT2D eigenvalue weighted by molar-refractivity contribution is 0.265. The molecule has 4 heteroatoms. The molecule has 0 amide bonds. The first-order valence-corrected chi connectivity index (χ1v) is 3.85. The molecule has 0 aromatic heterocycles. The standard InChI is InChI=1S/C8H9ClFNO/c9-5-2-1-3-6(10)8(5)7(11)4-12/h1-3,7,12H,4,11H2/t7-/m1/s1. The fourth-order valence-corrected chi connectivity index (χ4v) is 1.26. The molecule has 0 fully saturated rings. The Balaban J connectivity index is 3.12. The van der Waals surface area contributed by atoms with Gasteiger partial charge < -0.3 is 10.8 Å². The van der Waals surface area contributed by atoms with Crippen molar-refractivity contribution in [3.8, 4) is 0 Å². The SMILES string of the molecule is N[C@H](CO)c1c(F)cccc1Cl. The summed E-state index contributed by atoms with van der Waals surface area (Å²) in [5.41, 5.74) is 5.59. The maximum atomic E-state index is 13.0. The van der Waals surface area contributed by atoms with Gasteiger partial charge in [0, 0.05) is 10.6 Å². The van der Waals surface area contributed by atoms with Crippen molar-refractivity contribution in [2.24, 2.45) is 5.73 Å². The summed E-state index contributed by atoms with van der Waals surface area (Å²) < 4.78 is 13.0. The van der Waals surface area contributed by atoms with E-state index < -0.39 is 11.9 Å². The van der Waals surface area contributed by atoms with E-state index in [9.17, 15) is 4.39 Å². The molecule has 1 aromatic rings. The van der Waals surface area contributed by atoms with Crippen LogP contribution in [-0.4, -0.2) is 11.7 Å². The maximum absolute atomic E-state index is 13.0. The molecule has 66 valence electrons. The van der Waals surface area contributed by atoms with Crippen molar-refractivity contribution in [2.75, 3.05) is 6.61 Å². The van der Waals surface area contributed by atoms with E-state index in [1.54, 1.807) is 0 Å². The molecule has 0 saturated carbocycles. The van der Waals surface area contributed by atoms with Crippen LogP contribution >= 0.6 is 11.6 Å². The van der Waals surface area contributed by atoms with Crippen LogP contribution in [0.25, 0.3) is 0 Å². The monoisotopic (exact) mass is 189 g/mol. The topological polar surface area (TPSA) is 46.2 Å². The van der Waals surface area contributed by atoms with Crippen LogP contribution in [0.2, 0.25) is 5.02 Å². The Kier molecular flexibility index (Phi) is 3.03. The molecule has 0 unspecified atom stereocenters. The molecule has 1 atom stereocenters. The van der Waals surface area contributed by atoms with Crippen LogP contribution in [0.3, 0.4) is 0 Å². The van der Waals surface area contributed by atoms with Gasteiger partial charge in [0.15, 0.2) is 0 Å². The Morgan fingerprint density at radius 1 is 1.58 bits per heavy atom. The number of aliphatic hydroxyl groups excluding tert-OH is 1. The summed E-state index contributed by atoms with van der Waals surface area (Å²) in [6.07, 6.45) is 0. The summed E-state index contributed by atoms with van der Waals surface area (Å²) in [6.45, 7) is -0.319. The van der Waals surface area contributed by atoms with Crippen LogP contribution in [0.1, 0.15) is 11.6 Å². The number of aliphatic hydroxyl groups is 1. The minimum absolute atomic E-state index is 0.168. The second-order valence-electron chi connectivity index (χ2n) is 2.42. The third kappa shape index (κ3) is 1.75. The van der Waals surface area contributed by atoms with Gasteiger partial charge in [0.2, 0.25) is 0 Å². The lowest BCUT2D eigenvalue weighted by Crippen LogP contribution is -2.16. The lowest BCUT2D eigenvalue weighted by Gasteiger charge is -2.10. The normalized spacial score (nSPS) is 13.0. The zero-order valence-corrected chi connectivity index (χ0v) is 7.05. The molecule has 0 bridgehead atoms. The molecule has 0 aliphatic heterocycles. The Morgan fingerprint density at radius 2 is 2.25 bits per heavy atom. The van der Waals surface area contributed by atoms with Gasteiger partial charge in [-0.1, -0.05) is 17.7 Å². The van der Waals surface area contributed by atoms with E-state index in [0.29, 0.717) is 0 Å². The quantitative estimate of drug-likeness (QED) is 0.740. The van der Waals surface area contributed by atoms with Crippen LogP contribution in [0.4, 0.5) is 4.39 Å². The fraction of sp³-hybridized carbons (Fsp3) is 0.250. The predicted octanol–water partition coefficient (Wildman–Crippen LogP) is 1.47. The molecule has 0 aliphatic carbocycles. The van der Waals surface area contributed by atoms with Crippen LogP contribution in [0, 0.1) is 5.82 Å². The number of rotatable bonds is 2. The van der Waals surface area contributed by atoms with Gasteiger partial charge in [0.25, 0.3) is 0 Å². The van der Waals surface area contributed by atoms with Gasteiger partial charge in [-0.05, 0) is 12.1 Å². The second-order valence-corrected chi connectivity index (χ2v) is 2.83. The van der Waals surface area contributed by atoms with Crippen LogP contribution in [0.5, 0.6) is 0 Å². The van der Waals surface area contributed by atoms with Crippen molar-refractivity contribution in [2.45, 2.75) is 6.04 Å². The molecule has 3 N–H and O–H groups in total. The molecule has 2 nitrogen and oxygen atoms in total. The molecular weight excluding hydrogens is 181 g/mol. The number of halogens is 2. The first kappa shape index (κ1) is 9.45. The summed E-state index contributed by atoms with van der Waals surface area (Å²) in [7, 11) is 0. The molecule has 1 aromatic carbocycles. The van der Waals surface area contributed by atoms with Crippen molar-refractivity contribution in [1.29, 1.82) is 0 Å². The van der Waals surface area contributed by atoms with Crippen molar-refractivity contribution >= 4 is 11.6 Å². The van der Waals surface area contributed by atoms with Gasteiger partial charge in [-0.3, -0.25) is 0 Å². The van der Waals surface area contributed by atoms with E-state index in [4.69, 9.17) is 22.4 Å². The van der Waals surface area contributed by atoms with Crippen LogP contribution in [-0.2, 0) is 0 Å². The van der Waals surface area contributed by atoms with Crippen molar-refractivity contribution in [3.05, 3.63) is 34.6 Å². The Morgan fingerprint density at radius 3 is 2.75 bits per heavy atom. The van der Waals surface area contributed by atoms with Gasteiger partial charge in [-0.15, -0.1) is 0 Å². The largest absolute Gasteiger partial charge is 0.394 e. The van der Waals surface area contributed by atoms with Gasteiger partial charge in [-0.25, -0.2) is 4.39 Å². The third-order valence-corrected chi connectivity index (χ3v) is 1.90. The first-order chi connectivity index (χ1) is 5.66. The van der Waals surface area contributed by atoms with Gasteiger partial charge in [0.1, 0.15) is 5.82 Å². The molecule has 0 saturated heterocycles. The molecule has 12 heavy (non-hydrogen) atoms. The van der Waals surface area contributed by atoms with Gasteiger partial charge in [0.05, 0.1) is 12.6 Å². The molecule has 0 heterocycles. The zero-order chi connectivity index (χ0) is 9.14. The molecule has 1 rings (SSSR count). The summed E-state index contributed by atoms with van der Waals surface area (Å²) in [5.74, 6) is -0.482. The Hall–Kier alpha value is -0.640. The van der Waals surface area contributed by atoms with Gasteiger partial charge in [-0.2, -0.15) is 0 Å². The van der Waals surface area contributed by atoms with E-state index in [1.165, 1.54) is 18.2 Å². The average molecular weight is 190 g/mol. The molecule has 0 spiro atoms. The summed E-state index contributed by atoms with van der Waals surface area (Å²) >= 11 is 5.67. The van der Waals surface area contributed by atoms with Crippen LogP contribution < -0.4 is 5.73 Å². The van der Waals surface area contributed by atoms with E-state index in [0.717, 1.165) is 0 Å². The van der Waals surface area contributed by atoms with E-state index >= 15 is 0 Å². The van der Waals surface area contributed by atoms with Crippen molar-refractivity contribution < 1.29 is 9.50 Å². The van der Waals surface area contributed by atoms with Crippen molar-refractivity contribution in [1.82, 2.24) is 0 Å². The lowest BCUT2D eigenvalue weighted by atomic mass is 10.1.